The Morgan fingerprint density at radius 1 is 1.44 bits per heavy atom. The molecule has 2 rings (SSSR count). The van der Waals surface area contributed by atoms with Crippen molar-refractivity contribution in [2.75, 3.05) is 14.2 Å². The lowest BCUT2D eigenvalue weighted by atomic mass is 10.0. The number of rotatable bonds is 6. The third-order valence-electron chi connectivity index (χ3n) is 3.02. The topological polar surface area (TPSA) is 34.2 Å². The van der Waals surface area contributed by atoms with Crippen molar-refractivity contribution >= 4 is 11.3 Å². The summed E-state index contributed by atoms with van der Waals surface area (Å²) in [7, 11) is 3.67. The molecule has 0 fully saturated rings. The van der Waals surface area contributed by atoms with E-state index < -0.39 is 0 Å². The minimum absolute atomic E-state index is 0.296. The lowest BCUT2D eigenvalue weighted by Gasteiger charge is -2.18. The Hall–Kier alpha value is -1.39. The van der Waals surface area contributed by atoms with E-state index in [9.17, 15) is 0 Å². The van der Waals surface area contributed by atoms with Crippen molar-refractivity contribution in [1.82, 2.24) is 10.3 Å². The fraction of sp³-hybridized carbons (Fsp3) is 0.357. The summed E-state index contributed by atoms with van der Waals surface area (Å²) in [6.07, 6.45) is 5.71. The van der Waals surface area contributed by atoms with E-state index in [0.29, 0.717) is 6.04 Å². The molecule has 2 aromatic rings. The van der Waals surface area contributed by atoms with E-state index in [1.807, 2.05) is 30.6 Å². The SMILES string of the molecule is CNC(CCc1cccs1)c1ccncc1OC. The molecule has 1 unspecified atom stereocenters. The highest BCUT2D eigenvalue weighted by Gasteiger charge is 2.14. The van der Waals surface area contributed by atoms with Crippen LogP contribution in [0.25, 0.3) is 0 Å². The second kappa shape index (κ2) is 6.52. The zero-order chi connectivity index (χ0) is 12.8. The molecule has 4 heteroatoms. The summed E-state index contributed by atoms with van der Waals surface area (Å²) in [6, 6.07) is 6.60. The number of hydrogen-bond donors (Lipinski definition) is 1. The monoisotopic (exact) mass is 262 g/mol. The molecule has 18 heavy (non-hydrogen) atoms. The van der Waals surface area contributed by atoms with Gasteiger partial charge in [-0.3, -0.25) is 4.98 Å². The summed E-state index contributed by atoms with van der Waals surface area (Å²) < 4.78 is 5.37. The molecule has 0 amide bonds. The number of aryl methyl sites for hydroxylation is 1. The molecule has 3 nitrogen and oxygen atoms in total. The Kier molecular flexibility index (Phi) is 4.73. The molecule has 0 aliphatic rings. The third kappa shape index (κ3) is 3.09. The van der Waals surface area contributed by atoms with E-state index in [4.69, 9.17) is 4.74 Å². The maximum atomic E-state index is 5.37. The fourth-order valence-corrected chi connectivity index (χ4v) is 2.77. The quantitative estimate of drug-likeness (QED) is 0.869. The molecule has 0 radical (unpaired) electrons. The highest BCUT2D eigenvalue weighted by Crippen LogP contribution is 2.27. The van der Waals surface area contributed by atoms with E-state index in [1.54, 1.807) is 13.3 Å². The van der Waals surface area contributed by atoms with Gasteiger partial charge in [0, 0.05) is 22.7 Å². The molecule has 0 aliphatic carbocycles. The normalized spacial score (nSPS) is 12.3. The van der Waals surface area contributed by atoms with E-state index >= 15 is 0 Å². The Labute approximate surface area is 112 Å². The number of aromatic nitrogens is 1. The van der Waals surface area contributed by atoms with Crippen LogP contribution in [0.1, 0.15) is 22.9 Å². The molecule has 0 bridgehead atoms. The Bertz CT molecular complexity index is 470. The lowest BCUT2D eigenvalue weighted by Crippen LogP contribution is -2.18. The molecule has 1 N–H and O–H groups in total. The fourth-order valence-electron chi connectivity index (χ4n) is 2.05. The molecular weight excluding hydrogens is 244 g/mol. The smallest absolute Gasteiger partial charge is 0.141 e. The van der Waals surface area contributed by atoms with Gasteiger partial charge < -0.3 is 10.1 Å². The van der Waals surface area contributed by atoms with Crippen LogP contribution in [0, 0.1) is 0 Å². The van der Waals surface area contributed by atoms with Crippen molar-refractivity contribution in [3.8, 4) is 5.75 Å². The molecule has 1 atom stereocenters. The van der Waals surface area contributed by atoms with Crippen molar-refractivity contribution in [2.24, 2.45) is 0 Å². The molecule has 96 valence electrons. The zero-order valence-electron chi connectivity index (χ0n) is 10.7. The van der Waals surface area contributed by atoms with Crippen LogP contribution in [0.5, 0.6) is 5.75 Å². The largest absolute Gasteiger partial charge is 0.495 e. The third-order valence-corrected chi connectivity index (χ3v) is 3.96. The predicted molar refractivity (Wildman–Crippen MR) is 75.2 cm³/mol. The molecule has 0 aliphatic heterocycles. The van der Waals surface area contributed by atoms with Gasteiger partial charge in [-0.25, -0.2) is 0 Å². The number of ether oxygens (including phenoxy) is 1. The van der Waals surface area contributed by atoms with Crippen LogP contribution < -0.4 is 10.1 Å². The van der Waals surface area contributed by atoms with E-state index in [2.05, 4.69) is 27.8 Å². The number of thiophene rings is 1. The highest BCUT2D eigenvalue weighted by atomic mass is 32.1. The minimum atomic E-state index is 0.296. The summed E-state index contributed by atoms with van der Waals surface area (Å²) in [6.45, 7) is 0. The second-order valence-electron chi connectivity index (χ2n) is 4.08. The molecule has 2 aromatic heterocycles. The van der Waals surface area contributed by atoms with E-state index in [-0.39, 0.29) is 0 Å². The van der Waals surface area contributed by atoms with Gasteiger partial charge in [-0.1, -0.05) is 6.07 Å². The van der Waals surface area contributed by atoms with Crippen molar-refractivity contribution in [3.63, 3.8) is 0 Å². The summed E-state index contributed by atoms with van der Waals surface area (Å²) in [5, 5.41) is 5.47. The van der Waals surface area contributed by atoms with Crippen molar-refractivity contribution in [2.45, 2.75) is 18.9 Å². The van der Waals surface area contributed by atoms with Crippen LogP contribution in [-0.2, 0) is 6.42 Å². The molecule has 2 heterocycles. The van der Waals surface area contributed by atoms with Gasteiger partial charge in [0.05, 0.1) is 13.3 Å². The standard InChI is InChI=1S/C14H18N2OS/c1-15-13(6-5-11-4-3-9-18-11)12-7-8-16-10-14(12)17-2/h3-4,7-10,13,15H,5-6H2,1-2H3. The molecule has 0 saturated heterocycles. The van der Waals surface area contributed by atoms with Crippen LogP contribution >= 0.6 is 11.3 Å². The van der Waals surface area contributed by atoms with E-state index in [0.717, 1.165) is 18.6 Å². The summed E-state index contributed by atoms with van der Waals surface area (Å²) in [5.74, 6) is 0.850. The second-order valence-corrected chi connectivity index (χ2v) is 5.11. The summed E-state index contributed by atoms with van der Waals surface area (Å²) in [4.78, 5) is 5.51. The number of nitrogens with zero attached hydrogens (tertiary/aromatic N) is 1. The van der Waals surface area contributed by atoms with E-state index in [1.165, 1.54) is 10.4 Å². The highest BCUT2D eigenvalue weighted by molar-refractivity contribution is 7.09. The van der Waals surface area contributed by atoms with Gasteiger partial charge in [0.2, 0.25) is 0 Å². The van der Waals surface area contributed by atoms with Gasteiger partial charge >= 0.3 is 0 Å². The van der Waals surface area contributed by atoms with Crippen molar-refractivity contribution in [1.29, 1.82) is 0 Å². The van der Waals surface area contributed by atoms with Crippen LogP contribution in [0.4, 0.5) is 0 Å². The Morgan fingerprint density at radius 3 is 3.00 bits per heavy atom. The van der Waals surface area contributed by atoms with Gasteiger partial charge in [0.15, 0.2) is 0 Å². The number of hydrogen-bond acceptors (Lipinski definition) is 4. The zero-order valence-corrected chi connectivity index (χ0v) is 11.5. The summed E-state index contributed by atoms with van der Waals surface area (Å²) >= 11 is 1.81. The number of methoxy groups -OCH3 is 1. The number of pyridine rings is 1. The number of nitrogens with one attached hydrogen (secondary N) is 1. The first kappa shape index (κ1) is 13.1. The molecule has 0 aromatic carbocycles. The van der Waals surface area contributed by atoms with Gasteiger partial charge in [-0.05, 0) is 37.4 Å². The molecule has 0 spiro atoms. The Balaban J connectivity index is 2.08. The van der Waals surface area contributed by atoms with Gasteiger partial charge in [-0.15, -0.1) is 11.3 Å². The summed E-state index contributed by atoms with van der Waals surface area (Å²) in [5.41, 5.74) is 1.17. The average molecular weight is 262 g/mol. The Morgan fingerprint density at radius 2 is 2.33 bits per heavy atom. The van der Waals surface area contributed by atoms with Crippen molar-refractivity contribution < 1.29 is 4.74 Å². The first-order chi connectivity index (χ1) is 8.85. The maximum Gasteiger partial charge on any atom is 0.141 e. The minimum Gasteiger partial charge on any atom is -0.495 e. The van der Waals surface area contributed by atoms with Crippen LogP contribution in [0.2, 0.25) is 0 Å². The van der Waals surface area contributed by atoms with Gasteiger partial charge in [0.25, 0.3) is 0 Å². The van der Waals surface area contributed by atoms with Gasteiger partial charge in [0.1, 0.15) is 5.75 Å². The van der Waals surface area contributed by atoms with Crippen LogP contribution in [0.3, 0.4) is 0 Å². The maximum absolute atomic E-state index is 5.37. The first-order valence-corrected chi connectivity index (χ1v) is 6.90. The average Bonchev–Trinajstić information content (AvgIpc) is 2.93. The van der Waals surface area contributed by atoms with Crippen molar-refractivity contribution in [3.05, 3.63) is 46.4 Å². The molecular formula is C14H18N2OS. The predicted octanol–water partition coefficient (Wildman–Crippen LogP) is 3.05. The van der Waals surface area contributed by atoms with Crippen LogP contribution in [-0.4, -0.2) is 19.1 Å². The lowest BCUT2D eigenvalue weighted by molar-refractivity contribution is 0.397. The molecule has 0 saturated carbocycles. The first-order valence-electron chi connectivity index (χ1n) is 6.02. The van der Waals surface area contributed by atoms with Crippen LogP contribution in [0.15, 0.2) is 36.0 Å². The van der Waals surface area contributed by atoms with Gasteiger partial charge in [-0.2, -0.15) is 0 Å².